The summed E-state index contributed by atoms with van der Waals surface area (Å²) < 4.78 is 5.27. The van der Waals surface area contributed by atoms with Gasteiger partial charge in [0.05, 0.1) is 12.1 Å². The van der Waals surface area contributed by atoms with E-state index >= 15 is 0 Å². The summed E-state index contributed by atoms with van der Waals surface area (Å²) >= 11 is 0. The molecule has 0 atom stereocenters. The minimum Gasteiger partial charge on any atom is -0.377 e. The van der Waals surface area contributed by atoms with Gasteiger partial charge < -0.3 is 9.64 Å². The summed E-state index contributed by atoms with van der Waals surface area (Å²) in [6.45, 7) is 5.89. The number of hydrogen-bond acceptors (Lipinski definition) is 3. The summed E-state index contributed by atoms with van der Waals surface area (Å²) in [4.78, 5) is 13.3. The summed E-state index contributed by atoms with van der Waals surface area (Å²) in [6, 6.07) is -0.110. The van der Waals surface area contributed by atoms with Crippen molar-refractivity contribution in [3.05, 3.63) is 0 Å². The third-order valence-corrected chi connectivity index (χ3v) is 2.47. The molecule has 0 radical (unpaired) electrons. The van der Waals surface area contributed by atoms with Crippen LogP contribution in [0.1, 0.15) is 20.3 Å². The highest BCUT2D eigenvalue weighted by Crippen LogP contribution is 2.14. The predicted molar refractivity (Wildman–Crippen MR) is 53.6 cm³/mol. The third kappa shape index (κ3) is 2.59. The number of carbonyl (C=O) groups excluding carboxylic acids is 1. The smallest absolute Gasteiger partial charge is 0.334 e. The van der Waals surface area contributed by atoms with Crippen LogP contribution < -0.4 is 5.84 Å². The van der Waals surface area contributed by atoms with Gasteiger partial charge in [-0.15, -0.1) is 0 Å². The van der Waals surface area contributed by atoms with E-state index < -0.39 is 0 Å². The molecular formula is C9H19N3O2. The van der Waals surface area contributed by atoms with Crippen LogP contribution in [0.25, 0.3) is 0 Å². The highest BCUT2D eigenvalue weighted by atomic mass is 16.5. The topological polar surface area (TPSA) is 58.8 Å². The van der Waals surface area contributed by atoms with Gasteiger partial charge in [-0.1, -0.05) is 0 Å². The molecule has 1 heterocycles. The molecule has 0 unspecified atom stereocenters. The Balaban J connectivity index is 2.55. The average Bonchev–Trinajstić information content (AvgIpc) is 2.13. The monoisotopic (exact) mass is 201 g/mol. The van der Waals surface area contributed by atoms with E-state index in [-0.39, 0.29) is 11.6 Å². The van der Waals surface area contributed by atoms with Gasteiger partial charge in [0.2, 0.25) is 0 Å². The molecule has 1 fully saturated rings. The zero-order valence-corrected chi connectivity index (χ0v) is 9.12. The molecular weight excluding hydrogens is 182 g/mol. The Kier molecular flexibility index (Phi) is 3.34. The SMILES string of the molecule is COC(C)(C)CN1CCCN(N)C1=O. The first-order valence-electron chi connectivity index (χ1n) is 4.82. The fourth-order valence-electron chi connectivity index (χ4n) is 1.48. The van der Waals surface area contributed by atoms with E-state index in [0.717, 1.165) is 13.0 Å². The predicted octanol–water partition coefficient (Wildman–Crippen LogP) is 0.413. The van der Waals surface area contributed by atoms with E-state index in [2.05, 4.69) is 0 Å². The zero-order chi connectivity index (χ0) is 10.8. The van der Waals surface area contributed by atoms with Crippen LogP contribution in [0.3, 0.4) is 0 Å². The standard InChI is InChI=1S/C9H19N3O2/c1-9(2,14-3)7-11-5-4-6-12(10)8(11)13/h4-7,10H2,1-3H3. The summed E-state index contributed by atoms with van der Waals surface area (Å²) in [5.74, 6) is 5.53. The molecule has 14 heavy (non-hydrogen) atoms. The maximum absolute atomic E-state index is 11.6. The number of carbonyl (C=O) groups is 1. The molecule has 1 aliphatic heterocycles. The second kappa shape index (κ2) is 4.14. The van der Waals surface area contributed by atoms with Gasteiger partial charge in [-0.3, -0.25) is 5.01 Å². The van der Waals surface area contributed by atoms with Crippen LogP contribution in [-0.4, -0.2) is 48.3 Å². The minimum absolute atomic E-state index is 0.110. The maximum Gasteiger partial charge on any atom is 0.334 e. The Bertz CT molecular complexity index is 218. The summed E-state index contributed by atoms with van der Waals surface area (Å²) in [5, 5.41) is 1.26. The van der Waals surface area contributed by atoms with E-state index in [4.69, 9.17) is 10.6 Å². The first-order chi connectivity index (χ1) is 6.46. The van der Waals surface area contributed by atoms with Crippen LogP contribution in [0.4, 0.5) is 4.79 Å². The van der Waals surface area contributed by atoms with Gasteiger partial charge in [-0.25, -0.2) is 10.6 Å². The van der Waals surface area contributed by atoms with E-state index in [1.807, 2.05) is 13.8 Å². The molecule has 1 rings (SSSR count). The van der Waals surface area contributed by atoms with Crippen LogP contribution in [0.5, 0.6) is 0 Å². The van der Waals surface area contributed by atoms with Crippen LogP contribution >= 0.6 is 0 Å². The molecule has 0 aliphatic carbocycles. The molecule has 0 aromatic rings. The molecule has 82 valence electrons. The van der Waals surface area contributed by atoms with Crippen molar-refractivity contribution in [2.75, 3.05) is 26.7 Å². The van der Waals surface area contributed by atoms with Crippen molar-refractivity contribution in [3.63, 3.8) is 0 Å². The van der Waals surface area contributed by atoms with Crippen LogP contribution in [0.15, 0.2) is 0 Å². The third-order valence-electron chi connectivity index (χ3n) is 2.47. The Labute approximate surface area is 84.8 Å². The second-order valence-corrected chi connectivity index (χ2v) is 4.21. The van der Waals surface area contributed by atoms with Crippen molar-refractivity contribution in [2.45, 2.75) is 25.9 Å². The highest BCUT2D eigenvalue weighted by Gasteiger charge is 2.29. The largest absolute Gasteiger partial charge is 0.377 e. The minimum atomic E-state index is -0.312. The summed E-state index contributed by atoms with van der Waals surface area (Å²) in [6.07, 6.45) is 0.919. The molecule has 0 aromatic carbocycles. The molecule has 5 heteroatoms. The van der Waals surface area contributed by atoms with Crippen LogP contribution in [0.2, 0.25) is 0 Å². The first-order valence-corrected chi connectivity index (χ1v) is 4.82. The molecule has 1 aliphatic rings. The highest BCUT2D eigenvalue weighted by molar-refractivity contribution is 5.74. The number of ether oxygens (including phenoxy) is 1. The summed E-state index contributed by atoms with van der Waals surface area (Å²) in [7, 11) is 1.65. The lowest BCUT2D eigenvalue weighted by Gasteiger charge is -2.37. The van der Waals surface area contributed by atoms with Gasteiger partial charge in [0.25, 0.3) is 0 Å². The molecule has 5 nitrogen and oxygen atoms in total. The van der Waals surface area contributed by atoms with Crippen molar-refractivity contribution in [3.8, 4) is 0 Å². The van der Waals surface area contributed by atoms with Crippen molar-refractivity contribution in [1.29, 1.82) is 0 Å². The fraction of sp³-hybridized carbons (Fsp3) is 0.889. The molecule has 2 N–H and O–H groups in total. The van der Waals surface area contributed by atoms with Crippen LogP contribution in [0, 0.1) is 0 Å². The number of methoxy groups -OCH3 is 1. The maximum atomic E-state index is 11.6. The number of hydrogen-bond donors (Lipinski definition) is 1. The van der Waals surface area contributed by atoms with Gasteiger partial charge in [-0.05, 0) is 20.3 Å². The molecule has 1 saturated heterocycles. The molecule has 2 amide bonds. The van der Waals surface area contributed by atoms with Gasteiger partial charge in [0.15, 0.2) is 0 Å². The lowest BCUT2D eigenvalue weighted by atomic mass is 10.1. The normalized spacial score (nSPS) is 19.0. The Morgan fingerprint density at radius 2 is 2.14 bits per heavy atom. The number of nitrogens with two attached hydrogens (primary N) is 1. The number of urea groups is 1. The quantitative estimate of drug-likeness (QED) is 0.531. The average molecular weight is 201 g/mol. The van der Waals surface area contributed by atoms with E-state index in [1.54, 1.807) is 12.0 Å². The summed E-state index contributed by atoms with van der Waals surface area (Å²) in [5.41, 5.74) is -0.312. The molecule has 0 bridgehead atoms. The fourth-order valence-corrected chi connectivity index (χ4v) is 1.48. The Morgan fingerprint density at radius 3 is 2.71 bits per heavy atom. The number of hydrazine groups is 1. The van der Waals surface area contributed by atoms with Crippen molar-refractivity contribution >= 4 is 6.03 Å². The lowest BCUT2D eigenvalue weighted by Crippen LogP contribution is -2.55. The number of rotatable bonds is 3. The lowest BCUT2D eigenvalue weighted by molar-refractivity contribution is -0.00699. The van der Waals surface area contributed by atoms with Crippen LogP contribution in [-0.2, 0) is 4.74 Å². The number of nitrogens with zero attached hydrogens (tertiary/aromatic N) is 2. The van der Waals surface area contributed by atoms with Crippen molar-refractivity contribution < 1.29 is 9.53 Å². The first kappa shape index (κ1) is 11.3. The number of amides is 2. The Morgan fingerprint density at radius 1 is 1.50 bits per heavy atom. The Hall–Kier alpha value is -0.810. The van der Waals surface area contributed by atoms with Gasteiger partial charge >= 0.3 is 6.03 Å². The second-order valence-electron chi connectivity index (χ2n) is 4.21. The van der Waals surface area contributed by atoms with Gasteiger partial charge in [0, 0.05) is 20.2 Å². The van der Waals surface area contributed by atoms with Crippen molar-refractivity contribution in [1.82, 2.24) is 9.91 Å². The van der Waals surface area contributed by atoms with Crippen molar-refractivity contribution in [2.24, 2.45) is 5.84 Å². The van der Waals surface area contributed by atoms with Gasteiger partial charge in [-0.2, -0.15) is 0 Å². The zero-order valence-electron chi connectivity index (χ0n) is 9.12. The molecule has 0 spiro atoms. The van der Waals surface area contributed by atoms with E-state index in [1.165, 1.54) is 5.01 Å². The van der Waals surface area contributed by atoms with Gasteiger partial charge in [0.1, 0.15) is 0 Å². The molecule has 0 saturated carbocycles. The molecule has 0 aromatic heterocycles. The van der Waals surface area contributed by atoms with E-state index in [9.17, 15) is 4.79 Å². The van der Waals surface area contributed by atoms with E-state index in [0.29, 0.717) is 13.1 Å².